The first-order valence-electron chi connectivity index (χ1n) is 7.06. The largest absolute Gasteiger partial charge is 0.461 e. The van der Waals surface area contributed by atoms with Crippen LogP contribution >= 0.6 is 15.9 Å². The van der Waals surface area contributed by atoms with Crippen molar-refractivity contribution in [3.05, 3.63) is 64.1 Å². The molecular weight excluding hydrogens is 380 g/mol. The second-order valence-electron chi connectivity index (χ2n) is 5.17. The van der Waals surface area contributed by atoms with E-state index >= 15 is 0 Å². The number of halogens is 1. The minimum atomic E-state index is -3.47. The van der Waals surface area contributed by atoms with Gasteiger partial charge in [0, 0.05) is 4.47 Å². The minimum absolute atomic E-state index is 0.128. The Kier molecular flexibility index (Phi) is 5.96. The van der Waals surface area contributed by atoms with Gasteiger partial charge in [0.2, 0.25) is 0 Å². The third-order valence-corrected chi connectivity index (χ3v) is 5.47. The van der Waals surface area contributed by atoms with Gasteiger partial charge in [0.1, 0.15) is 6.61 Å². The SMILES string of the molecule is Cc1ccc(S(=O)(=O)CCC(=O)OCc2cccc(Br)c2)cc1. The molecule has 0 atom stereocenters. The van der Waals surface area contributed by atoms with Crippen LogP contribution in [-0.2, 0) is 26.0 Å². The summed E-state index contributed by atoms with van der Waals surface area (Å²) in [6.07, 6.45) is -0.162. The van der Waals surface area contributed by atoms with Crippen molar-refractivity contribution in [3.8, 4) is 0 Å². The summed E-state index contributed by atoms with van der Waals surface area (Å²) in [5.41, 5.74) is 1.83. The Labute approximate surface area is 144 Å². The Bertz CT molecular complexity index is 782. The first-order valence-corrected chi connectivity index (χ1v) is 9.51. The first-order chi connectivity index (χ1) is 10.9. The van der Waals surface area contributed by atoms with Gasteiger partial charge in [0.15, 0.2) is 9.84 Å². The summed E-state index contributed by atoms with van der Waals surface area (Å²) in [5, 5.41) is 0. The second kappa shape index (κ2) is 7.75. The Morgan fingerprint density at radius 2 is 1.83 bits per heavy atom. The van der Waals surface area contributed by atoms with E-state index in [9.17, 15) is 13.2 Å². The maximum atomic E-state index is 12.2. The predicted octanol–water partition coefficient (Wildman–Crippen LogP) is 3.66. The summed E-state index contributed by atoms with van der Waals surface area (Å²) in [6.45, 7) is 2.01. The molecule has 2 aromatic rings. The molecule has 0 amide bonds. The van der Waals surface area contributed by atoms with Gasteiger partial charge in [0.25, 0.3) is 0 Å². The van der Waals surface area contributed by atoms with Crippen LogP contribution in [0.4, 0.5) is 0 Å². The lowest BCUT2D eigenvalue weighted by atomic mass is 10.2. The molecule has 2 aromatic carbocycles. The zero-order chi connectivity index (χ0) is 16.9. The maximum Gasteiger partial charge on any atom is 0.307 e. The fourth-order valence-corrected chi connectivity index (χ4v) is 3.61. The van der Waals surface area contributed by atoms with Crippen LogP contribution in [0.25, 0.3) is 0 Å². The van der Waals surface area contributed by atoms with Gasteiger partial charge < -0.3 is 4.74 Å². The van der Waals surface area contributed by atoms with Crippen LogP contribution in [0.3, 0.4) is 0 Å². The standard InChI is InChI=1S/C17H17BrO4S/c1-13-5-7-16(8-6-13)23(20,21)10-9-17(19)22-12-14-3-2-4-15(18)11-14/h2-8,11H,9-10,12H2,1H3. The number of hydrogen-bond donors (Lipinski definition) is 0. The highest BCUT2D eigenvalue weighted by Gasteiger charge is 2.17. The van der Waals surface area contributed by atoms with Gasteiger partial charge in [-0.1, -0.05) is 45.8 Å². The van der Waals surface area contributed by atoms with Crippen LogP contribution in [0, 0.1) is 6.92 Å². The number of aryl methyl sites for hydroxylation is 1. The van der Waals surface area contributed by atoms with Gasteiger partial charge in [-0.25, -0.2) is 8.42 Å². The molecule has 6 heteroatoms. The van der Waals surface area contributed by atoms with Crippen molar-refractivity contribution < 1.29 is 17.9 Å². The second-order valence-corrected chi connectivity index (χ2v) is 8.20. The quantitative estimate of drug-likeness (QED) is 0.698. The molecule has 0 bridgehead atoms. The van der Waals surface area contributed by atoms with E-state index in [0.717, 1.165) is 15.6 Å². The molecular formula is C17H17BrO4S. The fourth-order valence-electron chi connectivity index (χ4n) is 1.94. The van der Waals surface area contributed by atoms with Gasteiger partial charge in [-0.2, -0.15) is 0 Å². The Morgan fingerprint density at radius 1 is 1.13 bits per heavy atom. The smallest absolute Gasteiger partial charge is 0.307 e. The van der Waals surface area contributed by atoms with Crippen molar-refractivity contribution in [1.29, 1.82) is 0 Å². The van der Waals surface area contributed by atoms with E-state index in [0.29, 0.717) is 0 Å². The zero-order valence-electron chi connectivity index (χ0n) is 12.7. The third-order valence-electron chi connectivity index (χ3n) is 3.24. The summed E-state index contributed by atoms with van der Waals surface area (Å²) in [4.78, 5) is 12.0. The summed E-state index contributed by atoms with van der Waals surface area (Å²) < 4.78 is 30.3. The summed E-state index contributed by atoms with van der Waals surface area (Å²) in [6, 6.07) is 14.0. The van der Waals surface area contributed by atoms with Crippen molar-refractivity contribution in [2.45, 2.75) is 24.8 Å². The van der Waals surface area contributed by atoms with Crippen molar-refractivity contribution in [1.82, 2.24) is 0 Å². The highest BCUT2D eigenvalue weighted by molar-refractivity contribution is 9.10. The molecule has 2 rings (SSSR count). The Balaban J connectivity index is 1.87. The molecule has 0 aliphatic heterocycles. The molecule has 0 aliphatic carbocycles. The van der Waals surface area contributed by atoms with Gasteiger partial charge in [-0.05, 0) is 36.8 Å². The van der Waals surface area contributed by atoms with Gasteiger partial charge in [-0.3, -0.25) is 4.79 Å². The van der Waals surface area contributed by atoms with E-state index < -0.39 is 15.8 Å². The van der Waals surface area contributed by atoms with E-state index in [2.05, 4.69) is 15.9 Å². The van der Waals surface area contributed by atoms with Crippen LogP contribution in [0.5, 0.6) is 0 Å². The number of ether oxygens (including phenoxy) is 1. The van der Waals surface area contributed by atoms with Crippen LogP contribution < -0.4 is 0 Å². The highest BCUT2D eigenvalue weighted by atomic mass is 79.9. The zero-order valence-corrected chi connectivity index (χ0v) is 15.1. The maximum absolute atomic E-state index is 12.2. The van der Waals surface area contributed by atoms with Crippen LogP contribution in [-0.4, -0.2) is 20.1 Å². The molecule has 0 N–H and O–H groups in total. The molecule has 0 unspecified atom stereocenters. The first kappa shape index (κ1) is 17.7. The van der Waals surface area contributed by atoms with E-state index in [1.807, 2.05) is 31.2 Å². The number of esters is 1. The molecule has 0 fully saturated rings. The van der Waals surface area contributed by atoms with Crippen molar-refractivity contribution in [2.75, 3.05) is 5.75 Å². The third kappa shape index (κ3) is 5.48. The molecule has 23 heavy (non-hydrogen) atoms. The van der Waals surface area contributed by atoms with Gasteiger partial charge in [-0.15, -0.1) is 0 Å². The minimum Gasteiger partial charge on any atom is -0.461 e. The molecule has 122 valence electrons. The molecule has 0 heterocycles. The van der Waals surface area contributed by atoms with Crippen molar-refractivity contribution in [3.63, 3.8) is 0 Å². The van der Waals surface area contributed by atoms with Gasteiger partial charge in [0.05, 0.1) is 17.1 Å². The van der Waals surface area contributed by atoms with E-state index in [4.69, 9.17) is 4.74 Å². The highest BCUT2D eigenvalue weighted by Crippen LogP contribution is 2.15. The van der Waals surface area contributed by atoms with E-state index in [1.165, 1.54) is 0 Å². The molecule has 0 radical (unpaired) electrons. The summed E-state index contributed by atoms with van der Waals surface area (Å²) >= 11 is 3.34. The lowest BCUT2D eigenvalue weighted by molar-refractivity contribution is -0.144. The fraction of sp³-hybridized carbons (Fsp3) is 0.235. The predicted molar refractivity (Wildman–Crippen MR) is 91.8 cm³/mol. The van der Waals surface area contributed by atoms with Gasteiger partial charge >= 0.3 is 5.97 Å². The monoisotopic (exact) mass is 396 g/mol. The molecule has 0 saturated heterocycles. The number of hydrogen-bond acceptors (Lipinski definition) is 4. The van der Waals surface area contributed by atoms with Crippen LogP contribution in [0.15, 0.2) is 57.9 Å². The molecule has 0 aliphatic rings. The number of rotatable bonds is 6. The molecule has 0 aromatic heterocycles. The van der Waals surface area contributed by atoms with Crippen molar-refractivity contribution >= 4 is 31.7 Å². The average Bonchev–Trinajstić information content (AvgIpc) is 2.51. The number of carbonyl (C=O) groups is 1. The summed E-state index contributed by atoms with van der Waals surface area (Å²) in [7, 11) is -3.47. The molecule has 0 saturated carbocycles. The lowest BCUT2D eigenvalue weighted by Crippen LogP contribution is -2.13. The number of benzene rings is 2. The van der Waals surface area contributed by atoms with E-state index in [-0.39, 0.29) is 23.7 Å². The average molecular weight is 397 g/mol. The van der Waals surface area contributed by atoms with E-state index in [1.54, 1.807) is 24.3 Å². The topological polar surface area (TPSA) is 60.4 Å². The van der Waals surface area contributed by atoms with Crippen molar-refractivity contribution in [2.24, 2.45) is 0 Å². The Morgan fingerprint density at radius 3 is 2.48 bits per heavy atom. The lowest BCUT2D eigenvalue weighted by Gasteiger charge is -2.07. The van der Waals surface area contributed by atoms with Crippen LogP contribution in [0.1, 0.15) is 17.5 Å². The Hall–Kier alpha value is -1.66. The summed E-state index contributed by atoms with van der Waals surface area (Å²) in [5.74, 6) is -0.784. The molecule has 4 nitrogen and oxygen atoms in total. The normalized spacial score (nSPS) is 11.2. The molecule has 0 spiro atoms. The number of carbonyl (C=O) groups excluding carboxylic acids is 1. The van der Waals surface area contributed by atoms with Crippen LogP contribution in [0.2, 0.25) is 0 Å². The number of sulfone groups is 1.